The number of methoxy groups -OCH3 is 1. The van der Waals surface area contributed by atoms with Gasteiger partial charge in [-0.1, -0.05) is 66.7 Å². The van der Waals surface area contributed by atoms with E-state index in [2.05, 4.69) is 0 Å². The number of carbonyl (C=O) groups is 3. The summed E-state index contributed by atoms with van der Waals surface area (Å²) in [7, 11) is 1.55. The van der Waals surface area contributed by atoms with Crippen molar-refractivity contribution < 1.29 is 23.9 Å². The van der Waals surface area contributed by atoms with Crippen LogP contribution in [0.2, 0.25) is 0 Å². The first-order valence-electron chi connectivity index (χ1n) is 13.5. The van der Waals surface area contributed by atoms with E-state index in [9.17, 15) is 14.4 Å². The normalized spacial score (nSPS) is 20.6. The zero-order valence-electron chi connectivity index (χ0n) is 22.5. The number of benzene rings is 3. The van der Waals surface area contributed by atoms with Gasteiger partial charge in [-0.2, -0.15) is 0 Å². The third-order valence-electron chi connectivity index (χ3n) is 8.01. The van der Waals surface area contributed by atoms with Crippen LogP contribution in [0.15, 0.2) is 78.9 Å². The van der Waals surface area contributed by atoms with Gasteiger partial charge >= 0.3 is 5.97 Å². The molecule has 0 N–H and O–H groups in total. The molecule has 0 saturated carbocycles. The van der Waals surface area contributed by atoms with Gasteiger partial charge in [0.2, 0.25) is 5.91 Å². The number of carbonyl (C=O) groups excluding carboxylic acids is 3. The van der Waals surface area contributed by atoms with Gasteiger partial charge in [0.15, 0.2) is 0 Å². The molecule has 1 aliphatic carbocycles. The minimum atomic E-state index is -0.954. The standard InChI is InChI=1S/C32H34N2O5/c1-3-39-31(37)32(23-11-5-4-6-12-23)18-17-25(24-13-7-9-15-27(24)32)29(35)33-19-21-34(22-20-33)30(36)26-14-8-10-16-28(26)38-2/h4-16,25H,3,17-22H2,1-2H3/t25-,32-/m0/s1. The number of amides is 2. The van der Waals surface area contributed by atoms with Crippen molar-refractivity contribution in [2.45, 2.75) is 31.1 Å². The lowest BCUT2D eigenvalue weighted by Crippen LogP contribution is -2.52. The monoisotopic (exact) mass is 526 g/mol. The highest BCUT2D eigenvalue weighted by Crippen LogP contribution is 2.48. The lowest BCUT2D eigenvalue weighted by atomic mass is 9.63. The number of esters is 1. The van der Waals surface area contributed by atoms with Crippen LogP contribution in [0.25, 0.3) is 0 Å². The van der Waals surface area contributed by atoms with E-state index in [1.807, 2.05) is 78.6 Å². The maximum atomic E-state index is 13.9. The fraction of sp³-hybridized carbons (Fsp3) is 0.344. The highest BCUT2D eigenvalue weighted by Gasteiger charge is 2.50. The first-order chi connectivity index (χ1) is 19.0. The molecule has 1 aliphatic heterocycles. The third kappa shape index (κ3) is 4.78. The predicted octanol–water partition coefficient (Wildman–Crippen LogP) is 4.41. The van der Waals surface area contributed by atoms with Gasteiger partial charge in [0.1, 0.15) is 11.2 Å². The molecule has 3 aromatic carbocycles. The molecule has 202 valence electrons. The molecule has 1 fully saturated rings. The highest BCUT2D eigenvalue weighted by atomic mass is 16.5. The molecule has 2 amide bonds. The fourth-order valence-electron chi connectivity index (χ4n) is 6.05. The zero-order valence-corrected chi connectivity index (χ0v) is 22.5. The van der Waals surface area contributed by atoms with Crippen LogP contribution < -0.4 is 4.74 Å². The average molecular weight is 527 g/mol. The first kappa shape index (κ1) is 26.5. The van der Waals surface area contributed by atoms with Crippen molar-refractivity contribution in [2.24, 2.45) is 0 Å². The Morgan fingerprint density at radius 2 is 1.49 bits per heavy atom. The summed E-state index contributed by atoms with van der Waals surface area (Å²) >= 11 is 0. The van der Waals surface area contributed by atoms with Crippen LogP contribution >= 0.6 is 0 Å². The van der Waals surface area contributed by atoms with Gasteiger partial charge in [-0.15, -0.1) is 0 Å². The number of hydrogen-bond donors (Lipinski definition) is 0. The summed E-state index contributed by atoms with van der Waals surface area (Å²) in [6, 6.07) is 24.7. The van der Waals surface area contributed by atoms with E-state index >= 15 is 0 Å². The maximum Gasteiger partial charge on any atom is 0.321 e. The van der Waals surface area contributed by atoms with Crippen LogP contribution in [-0.4, -0.2) is 67.5 Å². The van der Waals surface area contributed by atoms with Gasteiger partial charge < -0.3 is 19.3 Å². The van der Waals surface area contributed by atoms with Crippen LogP contribution in [0.4, 0.5) is 0 Å². The largest absolute Gasteiger partial charge is 0.496 e. The van der Waals surface area contributed by atoms with Crippen LogP contribution in [-0.2, 0) is 19.7 Å². The maximum absolute atomic E-state index is 13.9. The van der Waals surface area contributed by atoms with Crippen LogP contribution in [0, 0.1) is 0 Å². The Hall–Kier alpha value is -4.13. The Morgan fingerprint density at radius 1 is 0.846 bits per heavy atom. The van der Waals surface area contributed by atoms with Gasteiger partial charge in [-0.3, -0.25) is 14.4 Å². The molecular formula is C32H34N2O5. The number of rotatable bonds is 6. The molecule has 5 rings (SSSR count). The van der Waals surface area contributed by atoms with E-state index in [1.165, 1.54) is 0 Å². The Morgan fingerprint density at radius 3 is 2.21 bits per heavy atom. The molecule has 7 heteroatoms. The van der Waals surface area contributed by atoms with Crippen LogP contribution in [0.1, 0.15) is 52.7 Å². The predicted molar refractivity (Wildman–Crippen MR) is 148 cm³/mol. The van der Waals surface area contributed by atoms with E-state index < -0.39 is 5.41 Å². The quantitative estimate of drug-likeness (QED) is 0.445. The Balaban J connectivity index is 1.38. The van der Waals surface area contributed by atoms with Crippen molar-refractivity contribution in [1.82, 2.24) is 9.80 Å². The second-order valence-corrected chi connectivity index (χ2v) is 9.99. The SMILES string of the molecule is CCOC(=O)[C@]1(c2ccccc2)CC[C@H](C(=O)N2CCN(C(=O)c3ccccc3OC)CC2)c2ccccc21. The number of piperazine rings is 1. The second kappa shape index (κ2) is 11.3. The molecule has 7 nitrogen and oxygen atoms in total. The molecule has 2 aliphatic rings. The molecular weight excluding hydrogens is 492 g/mol. The van der Waals surface area contributed by atoms with E-state index in [0.29, 0.717) is 50.3 Å². The number of nitrogens with zero attached hydrogens (tertiary/aromatic N) is 2. The van der Waals surface area contributed by atoms with Crippen molar-refractivity contribution in [2.75, 3.05) is 39.9 Å². The number of para-hydroxylation sites is 1. The molecule has 0 bridgehead atoms. The number of fused-ring (bicyclic) bond motifs is 1. The lowest BCUT2D eigenvalue weighted by Gasteiger charge is -2.42. The molecule has 3 aromatic rings. The Bertz CT molecular complexity index is 1350. The van der Waals surface area contributed by atoms with Gasteiger partial charge in [-0.05, 0) is 48.6 Å². The van der Waals surface area contributed by atoms with Crippen LogP contribution in [0.5, 0.6) is 5.75 Å². The minimum Gasteiger partial charge on any atom is -0.496 e. The second-order valence-electron chi connectivity index (χ2n) is 9.99. The molecule has 0 spiro atoms. The Labute approximate surface area is 229 Å². The smallest absolute Gasteiger partial charge is 0.321 e. The highest BCUT2D eigenvalue weighted by molar-refractivity contribution is 5.97. The number of ether oxygens (including phenoxy) is 2. The van der Waals surface area contributed by atoms with E-state index in [4.69, 9.17) is 9.47 Å². The average Bonchev–Trinajstić information content (AvgIpc) is 3.00. The van der Waals surface area contributed by atoms with E-state index in [1.54, 1.807) is 24.1 Å². The fourth-order valence-corrected chi connectivity index (χ4v) is 6.05. The molecule has 1 heterocycles. The van der Waals surface area contributed by atoms with Crippen molar-refractivity contribution in [3.05, 3.63) is 101 Å². The van der Waals surface area contributed by atoms with Crippen LogP contribution in [0.3, 0.4) is 0 Å². The zero-order chi connectivity index (χ0) is 27.4. The molecule has 0 unspecified atom stereocenters. The number of hydrogen-bond acceptors (Lipinski definition) is 5. The summed E-state index contributed by atoms with van der Waals surface area (Å²) in [5.41, 5.74) is 2.16. The van der Waals surface area contributed by atoms with Gasteiger partial charge in [0.05, 0.1) is 25.2 Å². The molecule has 0 aromatic heterocycles. The van der Waals surface area contributed by atoms with E-state index in [-0.39, 0.29) is 30.3 Å². The summed E-state index contributed by atoms with van der Waals surface area (Å²) < 4.78 is 11.0. The minimum absolute atomic E-state index is 0.0392. The van der Waals surface area contributed by atoms with E-state index in [0.717, 1.165) is 16.7 Å². The molecule has 0 radical (unpaired) electrons. The topological polar surface area (TPSA) is 76.2 Å². The first-order valence-corrected chi connectivity index (χ1v) is 13.5. The summed E-state index contributed by atoms with van der Waals surface area (Å²) in [6.07, 6.45) is 1.01. The van der Waals surface area contributed by atoms with Crippen molar-refractivity contribution in [1.29, 1.82) is 0 Å². The van der Waals surface area contributed by atoms with Gasteiger partial charge in [0.25, 0.3) is 5.91 Å². The molecule has 39 heavy (non-hydrogen) atoms. The van der Waals surface area contributed by atoms with Crippen molar-refractivity contribution in [3.63, 3.8) is 0 Å². The van der Waals surface area contributed by atoms with Gasteiger partial charge in [-0.25, -0.2) is 0 Å². The summed E-state index contributed by atoms with van der Waals surface area (Å²) in [5, 5.41) is 0. The summed E-state index contributed by atoms with van der Waals surface area (Å²) in [4.78, 5) is 44.2. The van der Waals surface area contributed by atoms with Gasteiger partial charge in [0, 0.05) is 26.2 Å². The summed E-state index contributed by atoms with van der Waals surface area (Å²) in [5.74, 6) is -0.146. The Kier molecular flexibility index (Phi) is 7.68. The lowest BCUT2D eigenvalue weighted by molar-refractivity contribution is -0.149. The summed E-state index contributed by atoms with van der Waals surface area (Å²) in [6.45, 7) is 3.92. The molecule has 2 atom stereocenters. The van der Waals surface area contributed by atoms with Crippen molar-refractivity contribution >= 4 is 17.8 Å². The van der Waals surface area contributed by atoms with Crippen molar-refractivity contribution in [3.8, 4) is 5.75 Å². The third-order valence-corrected chi connectivity index (χ3v) is 8.01. The molecule has 1 saturated heterocycles.